The van der Waals surface area contributed by atoms with E-state index in [0.717, 1.165) is 16.5 Å². The molecule has 0 spiro atoms. The van der Waals surface area contributed by atoms with Gasteiger partial charge in [0.15, 0.2) is 0 Å². The molecule has 2 aromatic carbocycles. The van der Waals surface area contributed by atoms with Crippen LogP contribution >= 0.6 is 0 Å². The first-order valence-electron chi connectivity index (χ1n) is 8.90. The van der Waals surface area contributed by atoms with Crippen LogP contribution in [0, 0.1) is 0 Å². The van der Waals surface area contributed by atoms with Crippen LogP contribution in [0.3, 0.4) is 0 Å². The highest BCUT2D eigenvalue weighted by Gasteiger charge is 2.19. The van der Waals surface area contributed by atoms with Crippen LogP contribution in [0.4, 0.5) is 4.79 Å². The molecule has 0 fully saturated rings. The van der Waals surface area contributed by atoms with Crippen molar-refractivity contribution in [3.8, 4) is 0 Å². The van der Waals surface area contributed by atoms with Gasteiger partial charge in [0.1, 0.15) is 12.7 Å². The lowest BCUT2D eigenvalue weighted by Gasteiger charge is -2.18. The van der Waals surface area contributed by atoms with Gasteiger partial charge in [-0.3, -0.25) is 0 Å². The summed E-state index contributed by atoms with van der Waals surface area (Å²) in [5.74, 6) is 0. The zero-order valence-corrected chi connectivity index (χ0v) is 15.2. The number of aromatic nitrogens is 1. The van der Waals surface area contributed by atoms with E-state index in [1.54, 1.807) is 6.07 Å². The normalized spacial score (nSPS) is 13.3. The summed E-state index contributed by atoms with van der Waals surface area (Å²) in [6, 6.07) is 16.9. The standard InChI is InChI=1S/C21H24N2O4/c1-23-12-10-16-13-17(7-8-18(16)23)20(25)19(24)9-11-22-21(26)27-14-15-5-3-2-4-6-15/h2-8,10,12-13,19-20,24-25H,9,11,14H2,1H3,(H,22,26). The lowest BCUT2D eigenvalue weighted by atomic mass is 10.0. The third-order valence-electron chi connectivity index (χ3n) is 4.54. The number of amides is 1. The Morgan fingerprint density at radius 3 is 2.70 bits per heavy atom. The average molecular weight is 368 g/mol. The smallest absolute Gasteiger partial charge is 0.407 e. The topological polar surface area (TPSA) is 83.7 Å². The van der Waals surface area contributed by atoms with Gasteiger partial charge in [0.05, 0.1) is 6.10 Å². The number of aliphatic hydroxyl groups is 2. The Bertz CT molecular complexity index is 892. The number of nitrogens with zero attached hydrogens (tertiary/aromatic N) is 1. The summed E-state index contributed by atoms with van der Waals surface area (Å²) < 4.78 is 7.10. The van der Waals surface area contributed by atoms with Gasteiger partial charge in [-0.15, -0.1) is 0 Å². The SMILES string of the molecule is Cn1ccc2cc(C(O)C(O)CCNC(=O)OCc3ccccc3)ccc21. The summed E-state index contributed by atoms with van der Waals surface area (Å²) in [6.07, 6.45) is -0.389. The first kappa shape index (κ1) is 18.9. The van der Waals surface area contributed by atoms with Gasteiger partial charge in [-0.25, -0.2) is 4.79 Å². The van der Waals surface area contributed by atoms with Crippen molar-refractivity contribution in [2.75, 3.05) is 6.54 Å². The summed E-state index contributed by atoms with van der Waals surface area (Å²) in [4.78, 5) is 11.7. The molecule has 0 saturated heterocycles. The first-order chi connectivity index (χ1) is 13.0. The number of ether oxygens (including phenoxy) is 1. The average Bonchev–Trinajstić information content (AvgIpc) is 3.06. The fourth-order valence-electron chi connectivity index (χ4n) is 2.96. The van der Waals surface area contributed by atoms with Crippen LogP contribution in [-0.4, -0.2) is 33.5 Å². The van der Waals surface area contributed by atoms with E-state index in [-0.39, 0.29) is 19.6 Å². The van der Waals surface area contributed by atoms with Crippen molar-refractivity contribution < 1.29 is 19.7 Å². The third-order valence-corrected chi connectivity index (χ3v) is 4.54. The largest absolute Gasteiger partial charge is 0.445 e. The molecule has 2 atom stereocenters. The molecule has 6 heteroatoms. The maximum Gasteiger partial charge on any atom is 0.407 e. The van der Waals surface area contributed by atoms with Crippen LogP contribution in [0.2, 0.25) is 0 Å². The molecular formula is C21H24N2O4. The van der Waals surface area contributed by atoms with Crippen LogP contribution < -0.4 is 5.32 Å². The number of rotatable bonds is 7. The van der Waals surface area contributed by atoms with Crippen LogP contribution in [-0.2, 0) is 18.4 Å². The number of carbonyl (C=O) groups excluding carboxylic acids is 1. The van der Waals surface area contributed by atoms with Crippen LogP contribution in [0.5, 0.6) is 0 Å². The van der Waals surface area contributed by atoms with Gasteiger partial charge in [0, 0.05) is 25.3 Å². The van der Waals surface area contributed by atoms with Gasteiger partial charge < -0.3 is 24.8 Å². The second kappa shape index (κ2) is 8.70. The highest BCUT2D eigenvalue weighted by Crippen LogP contribution is 2.24. The van der Waals surface area contributed by atoms with Gasteiger partial charge in [0.2, 0.25) is 0 Å². The molecule has 142 valence electrons. The Hall–Kier alpha value is -2.83. The third kappa shape index (κ3) is 4.87. The molecule has 3 N–H and O–H groups in total. The molecule has 1 aromatic heterocycles. The molecule has 3 rings (SSSR count). The minimum absolute atomic E-state index is 0.189. The highest BCUT2D eigenvalue weighted by molar-refractivity contribution is 5.80. The molecule has 2 unspecified atom stereocenters. The number of hydrogen-bond donors (Lipinski definition) is 3. The van der Waals surface area contributed by atoms with Gasteiger partial charge in [-0.05, 0) is 41.1 Å². The Kier molecular flexibility index (Phi) is 6.11. The Morgan fingerprint density at radius 2 is 1.93 bits per heavy atom. The van der Waals surface area contributed by atoms with Crippen LogP contribution in [0.25, 0.3) is 10.9 Å². The van der Waals surface area contributed by atoms with Crippen molar-refractivity contribution in [2.45, 2.75) is 25.2 Å². The zero-order valence-electron chi connectivity index (χ0n) is 15.2. The molecule has 0 aliphatic rings. The molecule has 27 heavy (non-hydrogen) atoms. The van der Waals surface area contributed by atoms with E-state index >= 15 is 0 Å². The molecule has 1 heterocycles. The minimum atomic E-state index is -1.02. The molecule has 3 aromatic rings. The van der Waals surface area contributed by atoms with Gasteiger partial charge in [-0.1, -0.05) is 36.4 Å². The Morgan fingerprint density at radius 1 is 1.15 bits per heavy atom. The molecule has 0 radical (unpaired) electrons. The fraction of sp³-hybridized carbons (Fsp3) is 0.286. The van der Waals surface area contributed by atoms with Crippen molar-refractivity contribution in [1.82, 2.24) is 9.88 Å². The van der Waals surface area contributed by atoms with Crippen LogP contribution in [0.15, 0.2) is 60.8 Å². The number of alkyl carbamates (subject to hydrolysis) is 1. The maximum absolute atomic E-state index is 11.7. The first-order valence-corrected chi connectivity index (χ1v) is 8.90. The van der Waals surface area contributed by atoms with E-state index in [1.165, 1.54) is 0 Å². The second-order valence-corrected chi connectivity index (χ2v) is 6.53. The van der Waals surface area contributed by atoms with Crippen molar-refractivity contribution in [3.05, 3.63) is 71.9 Å². The zero-order chi connectivity index (χ0) is 19.2. The fourth-order valence-corrected chi connectivity index (χ4v) is 2.96. The van der Waals surface area contributed by atoms with E-state index in [9.17, 15) is 15.0 Å². The number of benzene rings is 2. The quantitative estimate of drug-likeness (QED) is 0.599. The molecule has 0 aliphatic heterocycles. The van der Waals surface area contributed by atoms with Crippen molar-refractivity contribution in [2.24, 2.45) is 7.05 Å². The maximum atomic E-state index is 11.7. The van der Waals surface area contributed by atoms with E-state index in [4.69, 9.17) is 4.74 Å². The lowest BCUT2D eigenvalue weighted by Crippen LogP contribution is -2.29. The molecule has 0 bridgehead atoms. The number of nitrogens with one attached hydrogen (secondary N) is 1. The number of aryl methyl sites for hydroxylation is 1. The number of fused-ring (bicyclic) bond motifs is 1. The Labute approximate surface area is 158 Å². The van der Waals surface area contributed by atoms with Gasteiger partial charge in [-0.2, -0.15) is 0 Å². The van der Waals surface area contributed by atoms with Crippen molar-refractivity contribution >= 4 is 17.0 Å². The number of carbonyl (C=O) groups is 1. The summed E-state index contributed by atoms with van der Waals surface area (Å²) in [5.41, 5.74) is 2.61. The van der Waals surface area contributed by atoms with E-state index < -0.39 is 18.3 Å². The number of aliphatic hydroxyl groups excluding tert-OH is 2. The second-order valence-electron chi connectivity index (χ2n) is 6.53. The van der Waals surface area contributed by atoms with E-state index in [1.807, 2.05) is 66.3 Å². The summed E-state index contributed by atoms with van der Waals surface area (Å²) >= 11 is 0. The van der Waals surface area contributed by atoms with E-state index in [0.29, 0.717) is 5.56 Å². The predicted octanol–water partition coefficient (Wildman–Crippen LogP) is 2.89. The van der Waals surface area contributed by atoms with Gasteiger partial charge >= 0.3 is 6.09 Å². The summed E-state index contributed by atoms with van der Waals surface area (Å²) in [6.45, 7) is 0.397. The summed E-state index contributed by atoms with van der Waals surface area (Å²) in [5, 5.41) is 24.2. The van der Waals surface area contributed by atoms with Crippen LogP contribution in [0.1, 0.15) is 23.7 Å². The van der Waals surface area contributed by atoms with Gasteiger partial charge in [0.25, 0.3) is 0 Å². The van der Waals surface area contributed by atoms with Crippen molar-refractivity contribution in [3.63, 3.8) is 0 Å². The van der Waals surface area contributed by atoms with E-state index in [2.05, 4.69) is 5.32 Å². The molecular weight excluding hydrogens is 344 g/mol. The minimum Gasteiger partial charge on any atom is -0.445 e. The predicted molar refractivity (Wildman–Crippen MR) is 103 cm³/mol. The summed E-state index contributed by atoms with van der Waals surface area (Å²) in [7, 11) is 1.95. The number of hydrogen-bond acceptors (Lipinski definition) is 4. The molecule has 0 aliphatic carbocycles. The highest BCUT2D eigenvalue weighted by atomic mass is 16.5. The molecule has 1 amide bonds. The monoisotopic (exact) mass is 368 g/mol. The van der Waals surface area contributed by atoms with Crippen molar-refractivity contribution in [1.29, 1.82) is 0 Å². The molecule has 6 nitrogen and oxygen atoms in total. The lowest BCUT2D eigenvalue weighted by molar-refractivity contribution is 0.0137. The Balaban J connectivity index is 1.45. The molecule has 0 saturated carbocycles.